The quantitative estimate of drug-likeness (QED) is 0.0498. The van der Waals surface area contributed by atoms with Gasteiger partial charge in [0.25, 0.3) is 10.1 Å². The molecule has 2 aliphatic rings. The van der Waals surface area contributed by atoms with E-state index in [2.05, 4.69) is 97.2 Å². The largest absolute Gasteiger partial charge is 0.450 e. The van der Waals surface area contributed by atoms with Crippen LogP contribution in [-0.2, 0) is 40.0 Å². The van der Waals surface area contributed by atoms with E-state index in [1.807, 2.05) is 19.1 Å². The smallest absolute Gasteiger partial charge is 0.407 e. The van der Waals surface area contributed by atoms with E-state index in [-0.39, 0.29) is 16.2 Å². The van der Waals surface area contributed by atoms with Crippen LogP contribution in [0.2, 0.25) is 0 Å². The van der Waals surface area contributed by atoms with Crippen molar-refractivity contribution in [1.82, 2.24) is 10.6 Å². The highest BCUT2D eigenvalue weighted by Gasteiger charge is 2.45. The Morgan fingerprint density at radius 1 is 0.839 bits per heavy atom. The molecule has 0 fully saturated rings. The van der Waals surface area contributed by atoms with Crippen molar-refractivity contribution in [2.45, 2.75) is 89.4 Å². The molecule has 2 aromatic carbocycles. The summed E-state index contributed by atoms with van der Waals surface area (Å²) in [6, 6.07) is 13.3. The summed E-state index contributed by atoms with van der Waals surface area (Å²) in [6.07, 6.45) is 13.5. The molecule has 2 amide bonds. The highest BCUT2D eigenvalue weighted by molar-refractivity contribution is 7.85. The van der Waals surface area contributed by atoms with E-state index in [9.17, 15) is 22.6 Å². The number of para-hydroxylation sites is 1. The Bertz CT molecular complexity index is 1900. The molecule has 0 aromatic heterocycles. The van der Waals surface area contributed by atoms with Gasteiger partial charge in [0.1, 0.15) is 6.54 Å². The van der Waals surface area contributed by atoms with Gasteiger partial charge in [-0.2, -0.15) is 13.0 Å². The van der Waals surface area contributed by atoms with Crippen LogP contribution in [0.3, 0.4) is 0 Å². The van der Waals surface area contributed by atoms with Gasteiger partial charge in [0.2, 0.25) is 11.6 Å². The number of amides is 2. The summed E-state index contributed by atoms with van der Waals surface area (Å²) in [4.78, 5) is 26.1. The minimum atomic E-state index is -4.37. The highest BCUT2D eigenvalue weighted by atomic mass is 32.2. The van der Waals surface area contributed by atoms with Crippen molar-refractivity contribution in [1.29, 1.82) is 0 Å². The predicted molar refractivity (Wildman–Crippen MR) is 221 cm³/mol. The summed E-state index contributed by atoms with van der Waals surface area (Å²) in [5.74, 6) is -0.0276. The average molecular weight is 794 g/mol. The van der Waals surface area contributed by atoms with Crippen LogP contribution < -0.4 is 15.5 Å². The van der Waals surface area contributed by atoms with Crippen molar-refractivity contribution in [3.63, 3.8) is 0 Å². The van der Waals surface area contributed by atoms with Crippen molar-refractivity contribution in [3.05, 3.63) is 89.7 Å². The summed E-state index contributed by atoms with van der Waals surface area (Å²) in [6.45, 7) is 17.0. The zero-order valence-corrected chi connectivity index (χ0v) is 34.8. The third-order valence-corrected chi connectivity index (χ3v) is 11.0. The fourth-order valence-corrected chi connectivity index (χ4v) is 7.78. The summed E-state index contributed by atoms with van der Waals surface area (Å²) in [5.41, 5.74) is 5.91. The first-order valence-electron chi connectivity index (χ1n) is 19.8. The first kappa shape index (κ1) is 44.4. The van der Waals surface area contributed by atoms with Gasteiger partial charge in [-0.3, -0.25) is 9.35 Å². The van der Waals surface area contributed by atoms with Crippen LogP contribution >= 0.6 is 0 Å². The summed E-state index contributed by atoms with van der Waals surface area (Å²) in [5, 5.41) is 5.51. The number of alkyl carbamates (subject to hydrolysis) is 1. The van der Waals surface area contributed by atoms with E-state index >= 15 is 0 Å². The molecule has 0 aliphatic carbocycles. The van der Waals surface area contributed by atoms with E-state index < -0.39 is 21.6 Å². The number of carbonyl (C=O) groups excluding carboxylic acids is 2. The number of benzene rings is 2. The lowest BCUT2D eigenvalue weighted by Gasteiger charge is -2.25. The van der Waals surface area contributed by atoms with Crippen molar-refractivity contribution < 1.29 is 41.3 Å². The van der Waals surface area contributed by atoms with Crippen LogP contribution in [-0.4, -0.2) is 94.5 Å². The lowest BCUT2D eigenvalue weighted by Crippen LogP contribution is -2.29. The Balaban J connectivity index is 1.28. The Morgan fingerprint density at radius 3 is 2.25 bits per heavy atom. The molecule has 0 radical (unpaired) electrons. The molecule has 0 atom stereocenters. The maximum atomic E-state index is 12.4. The first-order valence-corrected chi connectivity index (χ1v) is 21.2. The van der Waals surface area contributed by atoms with Gasteiger partial charge in [-0.1, -0.05) is 57.2 Å². The zero-order valence-electron chi connectivity index (χ0n) is 33.9. The Kier molecular flexibility index (Phi) is 16.5. The maximum Gasteiger partial charge on any atom is 0.407 e. The molecule has 0 saturated carbocycles. The van der Waals surface area contributed by atoms with Crippen molar-refractivity contribution in [2.75, 3.05) is 64.1 Å². The number of carbonyl (C=O) groups is 2. The number of fused-ring (bicyclic) bond motifs is 2. The van der Waals surface area contributed by atoms with Gasteiger partial charge in [0.15, 0.2) is 5.71 Å². The minimum Gasteiger partial charge on any atom is -0.450 e. The van der Waals surface area contributed by atoms with E-state index in [1.54, 1.807) is 12.1 Å². The number of hydrogen-bond donors (Lipinski definition) is 3. The Labute approximate surface area is 333 Å². The standard InChI is InChI=1S/C43H60N4O8S/c1-7-27-55-41(49)45-25-29-54-31-30-53-28-24-44-40(48)21-13-10-16-26-47-37-23-22-33(56(50,51)52)32-35(37)43(5,6)39(47)20-12-9-11-19-38-42(3,4)34-17-14-15-18-36(34)46(38)8-2/h9,11-12,14-15,17-20,22-23,32H,7-8,10,13,16,21,24-31H2,1-6H3,(H2-,44,45,48,49,50,51,52)/p+1. The van der Waals surface area contributed by atoms with E-state index in [4.69, 9.17) is 14.2 Å². The average Bonchev–Trinajstić information content (AvgIpc) is 3.51. The molecule has 0 unspecified atom stereocenters. The molecule has 306 valence electrons. The van der Waals surface area contributed by atoms with Crippen LogP contribution in [0.1, 0.15) is 84.8 Å². The Morgan fingerprint density at radius 2 is 1.55 bits per heavy atom. The topological polar surface area (TPSA) is 147 Å². The molecule has 2 heterocycles. The molecule has 4 rings (SSSR count). The first-order chi connectivity index (χ1) is 26.7. The number of nitrogens with one attached hydrogen (secondary N) is 2. The lowest BCUT2D eigenvalue weighted by molar-refractivity contribution is -0.438. The van der Waals surface area contributed by atoms with Crippen LogP contribution in [0.15, 0.2) is 83.4 Å². The SMILES string of the molecule is CCCOC(=O)NCCOCCOCCNC(=O)CCCCC[N+]1=C(/C=C/C=C/C=C2\N(CC)c3ccccc3C2(C)C)C(C)(C)c2cc(S(=O)(=O)O)ccc21. The minimum absolute atomic E-state index is 0.0276. The normalized spacial score (nSPS) is 16.6. The summed E-state index contributed by atoms with van der Waals surface area (Å²) in [7, 11) is -4.37. The highest BCUT2D eigenvalue weighted by Crippen LogP contribution is 2.47. The molecule has 56 heavy (non-hydrogen) atoms. The van der Waals surface area contributed by atoms with Gasteiger partial charge in [-0.15, -0.1) is 0 Å². The predicted octanol–water partition coefficient (Wildman–Crippen LogP) is 6.97. The van der Waals surface area contributed by atoms with Gasteiger partial charge in [0, 0.05) is 67.0 Å². The van der Waals surface area contributed by atoms with Crippen molar-refractivity contribution in [2.24, 2.45) is 0 Å². The van der Waals surface area contributed by atoms with E-state index in [1.165, 1.54) is 23.0 Å². The van der Waals surface area contributed by atoms with E-state index in [0.29, 0.717) is 59.1 Å². The monoisotopic (exact) mass is 793 g/mol. The maximum absolute atomic E-state index is 12.4. The van der Waals surface area contributed by atoms with Crippen LogP contribution in [0.4, 0.5) is 16.2 Å². The van der Waals surface area contributed by atoms with Crippen LogP contribution in [0, 0.1) is 0 Å². The molecule has 0 bridgehead atoms. The van der Waals surface area contributed by atoms with Gasteiger partial charge < -0.3 is 29.7 Å². The third kappa shape index (κ3) is 11.6. The number of nitrogens with zero attached hydrogens (tertiary/aromatic N) is 2. The zero-order chi connectivity index (χ0) is 40.8. The van der Waals surface area contributed by atoms with Gasteiger partial charge >= 0.3 is 6.09 Å². The number of ether oxygens (including phenoxy) is 3. The van der Waals surface area contributed by atoms with Gasteiger partial charge in [0.05, 0.1) is 43.3 Å². The molecule has 2 aliphatic heterocycles. The van der Waals surface area contributed by atoms with Crippen molar-refractivity contribution >= 4 is 39.2 Å². The number of likely N-dealkylation sites (N-methyl/N-ethyl adjacent to an activating group) is 1. The second-order valence-corrected chi connectivity index (χ2v) is 16.4. The molecule has 0 saturated heterocycles. The Hall–Kier alpha value is -4.30. The lowest BCUT2D eigenvalue weighted by atomic mass is 9.81. The molecule has 2 aromatic rings. The summed E-state index contributed by atoms with van der Waals surface area (Å²) < 4.78 is 52.0. The number of allylic oxidation sites excluding steroid dienone is 6. The molecule has 3 N–H and O–H groups in total. The second kappa shape index (κ2) is 20.7. The van der Waals surface area contributed by atoms with Crippen LogP contribution in [0.5, 0.6) is 0 Å². The molecular weight excluding hydrogens is 733 g/mol. The molecule has 12 nitrogen and oxygen atoms in total. The summed E-state index contributed by atoms with van der Waals surface area (Å²) >= 11 is 0. The molecular formula is C43H61N4O8S+. The van der Waals surface area contributed by atoms with Gasteiger partial charge in [-0.25, -0.2) is 4.79 Å². The fraction of sp³-hybridized carbons (Fsp3) is 0.512. The number of hydrogen-bond acceptors (Lipinski definition) is 8. The number of unbranched alkanes of at least 4 members (excludes halogenated alkanes) is 2. The van der Waals surface area contributed by atoms with Gasteiger partial charge in [-0.05, 0) is 69.9 Å². The number of anilines is 1. The molecule has 0 spiro atoms. The van der Waals surface area contributed by atoms with Crippen LogP contribution in [0.25, 0.3) is 0 Å². The number of rotatable bonds is 22. The second-order valence-electron chi connectivity index (χ2n) is 14.9. The molecule has 13 heteroatoms. The van der Waals surface area contributed by atoms with Crippen molar-refractivity contribution in [3.8, 4) is 0 Å². The van der Waals surface area contributed by atoms with E-state index in [0.717, 1.165) is 49.2 Å². The fourth-order valence-electron chi connectivity index (χ4n) is 7.27. The third-order valence-electron chi connectivity index (χ3n) is 10.2.